The zero-order chi connectivity index (χ0) is 8.69. The van der Waals surface area contributed by atoms with E-state index in [4.69, 9.17) is 0 Å². The van der Waals surface area contributed by atoms with Crippen LogP contribution in [0.5, 0.6) is 0 Å². The van der Waals surface area contributed by atoms with E-state index in [9.17, 15) is 0 Å². The average Bonchev–Trinajstić information content (AvgIpc) is 1.87. The van der Waals surface area contributed by atoms with E-state index in [1.165, 1.54) is 14.2 Å². The highest BCUT2D eigenvalue weighted by Gasteiger charge is 1.95. The standard InChI is InChI=1S/C7H14N2O2/c1-6(8-10-3)5-7(2)9-11-4/h5H2,1-4H3. The van der Waals surface area contributed by atoms with Gasteiger partial charge in [0.15, 0.2) is 0 Å². The second-order valence-electron chi connectivity index (χ2n) is 2.20. The molecular weight excluding hydrogens is 144 g/mol. The maximum Gasteiger partial charge on any atom is 0.106 e. The lowest BCUT2D eigenvalue weighted by atomic mass is 10.2. The van der Waals surface area contributed by atoms with Crippen molar-refractivity contribution in [1.29, 1.82) is 0 Å². The fourth-order valence-electron chi connectivity index (χ4n) is 0.746. The summed E-state index contributed by atoms with van der Waals surface area (Å²) < 4.78 is 0. The maximum atomic E-state index is 4.57. The Morgan fingerprint density at radius 2 is 1.36 bits per heavy atom. The number of hydrogen-bond donors (Lipinski definition) is 0. The molecule has 0 N–H and O–H groups in total. The van der Waals surface area contributed by atoms with Crippen LogP contribution in [-0.2, 0) is 9.68 Å². The van der Waals surface area contributed by atoms with E-state index in [-0.39, 0.29) is 0 Å². The highest BCUT2D eigenvalue weighted by atomic mass is 16.6. The summed E-state index contributed by atoms with van der Waals surface area (Å²) in [6, 6.07) is 0. The van der Waals surface area contributed by atoms with Crippen molar-refractivity contribution in [3.63, 3.8) is 0 Å². The molecule has 0 unspecified atom stereocenters. The second kappa shape index (κ2) is 5.70. The van der Waals surface area contributed by atoms with Crippen LogP contribution >= 0.6 is 0 Å². The first-order valence-electron chi connectivity index (χ1n) is 3.34. The first-order chi connectivity index (χ1) is 5.20. The maximum absolute atomic E-state index is 4.57. The number of hydrogen-bond acceptors (Lipinski definition) is 4. The van der Waals surface area contributed by atoms with Crippen molar-refractivity contribution in [2.75, 3.05) is 14.2 Å². The van der Waals surface area contributed by atoms with E-state index in [1.807, 2.05) is 13.8 Å². The normalized spacial score (nSPS) is 13.1. The molecule has 0 radical (unpaired) electrons. The molecule has 0 spiro atoms. The van der Waals surface area contributed by atoms with Crippen molar-refractivity contribution in [3.05, 3.63) is 0 Å². The predicted molar refractivity (Wildman–Crippen MR) is 44.9 cm³/mol. The fourth-order valence-corrected chi connectivity index (χ4v) is 0.746. The van der Waals surface area contributed by atoms with Gasteiger partial charge >= 0.3 is 0 Å². The van der Waals surface area contributed by atoms with E-state index < -0.39 is 0 Å². The van der Waals surface area contributed by atoms with Crippen LogP contribution in [0, 0.1) is 0 Å². The van der Waals surface area contributed by atoms with Crippen molar-refractivity contribution in [2.24, 2.45) is 10.3 Å². The molecule has 0 saturated carbocycles. The minimum absolute atomic E-state index is 0.682. The molecule has 0 aliphatic heterocycles. The van der Waals surface area contributed by atoms with Crippen molar-refractivity contribution < 1.29 is 9.68 Å². The molecule has 0 amide bonds. The lowest BCUT2D eigenvalue weighted by Crippen LogP contribution is -2.01. The van der Waals surface area contributed by atoms with Gasteiger partial charge in [-0.3, -0.25) is 0 Å². The summed E-state index contributed by atoms with van der Waals surface area (Å²) in [5.74, 6) is 0. The molecule has 4 nitrogen and oxygen atoms in total. The Bertz CT molecular complexity index is 146. The monoisotopic (exact) mass is 158 g/mol. The Kier molecular flexibility index (Phi) is 5.15. The summed E-state index contributed by atoms with van der Waals surface area (Å²) in [6.07, 6.45) is 0.682. The topological polar surface area (TPSA) is 43.2 Å². The van der Waals surface area contributed by atoms with Crippen molar-refractivity contribution in [2.45, 2.75) is 20.3 Å². The Hall–Kier alpha value is -1.06. The molecule has 0 fully saturated rings. The van der Waals surface area contributed by atoms with Gasteiger partial charge in [-0.2, -0.15) is 0 Å². The van der Waals surface area contributed by atoms with Gasteiger partial charge in [0.1, 0.15) is 14.2 Å². The van der Waals surface area contributed by atoms with Crippen LogP contribution in [0.15, 0.2) is 10.3 Å². The summed E-state index contributed by atoms with van der Waals surface area (Å²) in [5, 5.41) is 7.45. The summed E-state index contributed by atoms with van der Waals surface area (Å²) in [4.78, 5) is 9.15. The van der Waals surface area contributed by atoms with Crippen molar-refractivity contribution in [3.8, 4) is 0 Å². The first-order valence-corrected chi connectivity index (χ1v) is 3.34. The largest absolute Gasteiger partial charge is 0.399 e. The minimum Gasteiger partial charge on any atom is -0.399 e. The van der Waals surface area contributed by atoms with Gasteiger partial charge in [-0.1, -0.05) is 10.3 Å². The van der Waals surface area contributed by atoms with E-state index in [2.05, 4.69) is 20.0 Å². The highest BCUT2D eigenvalue weighted by Crippen LogP contribution is 1.91. The van der Waals surface area contributed by atoms with E-state index in [0.717, 1.165) is 11.4 Å². The van der Waals surface area contributed by atoms with Crippen LogP contribution in [-0.4, -0.2) is 25.6 Å². The molecular formula is C7H14N2O2. The number of nitrogens with zero attached hydrogens (tertiary/aromatic N) is 2. The molecule has 0 rings (SSSR count). The van der Waals surface area contributed by atoms with Crippen molar-refractivity contribution >= 4 is 11.4 Å². The van der Waals surface area contributed by atoms with Gasteiger partial charge in [0, 0.05) is 6.42 Å². The molecule has 0 aromatic rings. The molecule has 0 aliphatic rings. The average molecular weight is 158 g/mol. The second-order valence-corrected chi connectivity index (χ2v) is 2.20. The zero-order valence-electron chi connectivity index (χ0n) is 7.42. The molecule has 0 aliphatic carbocycles. The molecule has 64 valence electrons. The van der Waals surface area contributed by atoms with Crippen LogP contribution in [0.2, 0.25) is 0 Å². The third-order valence-corrected chi connectivity index (χ3v) is 1.01. The lowest BCUT2D eigenvalue weighted by molar-refractivity contribution is 0.210. The van der Waals surface area contributed by atoms with Gasteiger partial charge in [-0.15, -0.1) is 0 Å². The van der Waals surface area contributed by atoms with Gasteiger partial charge < -0.3 is 9.68 Å². The predicted octanol–water partition coefficient (Wildman–Crippen LogP) is 1.42. The molecule has 0 aromatic carbocycles. The number of rotatable bonds is 4. The Balaban J connectivity index is 3.84. The third kappa shape index (κ3) is 5.39. The van der Waals surface area contributed by atoms with Gasteiger partial charge in [0.2, 0.25) is 0 Å². The highest BCUT2D eigenvalue weighted by molar-refractivity contribution is 6.01. The van der Waals surface area contributed by atoms with Crippen LogP contribution in [0.1, 0.15) is 20.3 Å². The molecule has 0 heterocycles. The minimum atomic E-state index is 0.682. The van der Waals surface area contributed by atoms with E-state index >= 15 is 0 Å². The summed E-state index contributed by atoms with van der Waals surface area (Å²) in [6.45, 7) is 3.75. The van der Waals surface area contributed by atoms with E-state index in [0.29, 0.717) is 6.42 Å². The Labute approximate surface area is 66.9 Å². The summed E-state index contributed by atoms with van der Waals surface area (Å²) >= 11 is 0. The van der Waals surface area contributed by atoms with Crippen LogP contribution in [0.4, 0.5) is 0 Å². The van der Waals surface area contributed by atoms with Gasteiger partial charge in [0.05, 0.1) is 11.4 Å². The first kappa shape index (κ1) is 9.94. The van der Waals surface area contributed by atoms with Crippen LogP contribution in [0.3, 0.4) is 0 Å². The quantitative estimate of drug-likeness (QED) is 0.458. The van der Waals surface area contributed by atoms with Crippen molar-refractivity contribution in [1.82, 2.24) is 0 Å². The smallest absolute Gasteiger partial charge is 0.106 e. The van der Waals surface area contributed by atoms with Gasteiger partial charge in [-0.05, 0) is 13.8 Å². The molecule has 0 bridgehead atoms. The van der Waals surface area contributed by atoms with Crippen LogP contribution < -0.4 is 0 Å². The molecule has 4 heteroatoms. The van der Waals surface area contributed by atoms with Gasteiger partial charge in [0.25, 0.3) is 0 Å². The molecule has 11 heavy (non-hydrogen) atoms. The molecule has 0 saturated heterocycles. The zero-order valence-corrected chi connectivity index (χ0v) is 7.42. The lowest BCUT2D eigenvalue weighted by Gasteiger charge is -1.97. The van der Waals surface area contributed by atoms with Crippen LogP contribution in [0.25, 0.3) is 0 Å². The Morgan fingerprint density at radius 1 is 1.00 bits per heavy atom. The molecule has 0 aromatic heterocycles. The SMILES string of the molecule is CON=C(C)CC(C)=NOC. The third-order valence-electron chi connectivity index (χ3n) is 1.01. The summed E-state index contributed by atoms with van der Waals surface area (Å²) in [5.41, 5.74) is 1.76. The summed E-state index contributed by atoms with van der Waals surface area (Å²) in [7, 11) is 3.04. The van der Waals surface area contributed by atoms with E-state index in [1.54, 1.807) is 0 Å². The van der Waals surface area contributed by atoms with Gasteiger partial charge in [-0.25, -0.2) is 0 Å². The fraction of sp³-hybridized carbons (Fsp3) is 0.714. The Morgan fingerprint density at radius 3 is 1.64 bits per heavy atom. The number of oxime groups is 2. The molecule has 0 atom stereocenters.